The fraction of sp³-hybridized carbons (Fsp3) is 0.0588. The first kappa shape index (κ1) is 14.9. The van der Waals surface area contributed by atoms with Crippen molar-refractivity contribution >= 4 is 11.6 Å². The van der Waals surface area contributed by atoms with Gasteiger partial charge in [0.1, 0.15) is 18.2 Å². The molecule has 4 nitrogen and oxygen atoms in total. The van der Waals surface area contributed by atoms with Gasteiger partial charge in [-0.25, -0.2) is 8.78 Å². The largest absolute Gasteiger partial charge is 0.324 e. The minimum atomic E-state index is -0.436. The zero-order chi connectivity index (χ0) is 16.2. The number of carbonyl (C=O) groups excluding carboxylic acids is 1. The van der Waals surface area contributed by atoms with Crippen molar-refractivity contribution in [1.82, 2.24) is 9.78 Å². The van der Waals surface area contributed by atoms with Gasteiger partial charge in [-0.2, -0.15) is 5.10 Å². The number of nitrogens with one attached hydrogen (secondary N) is 1. The van der Waals surface area contributed by atoms with Gasteiger partial charge in [0.05, 0.1) is 0 Å². The predicted molar refractivity (Wildman–Crippen MR) is 82.7 cm³/mol. The molecule has 2 aromatic carbocycles. The number of halogens is 2. The SMILES string of the molecule is O=C(Cn1cccn1)Nc1ccc(F)cc1-c1ccc(F)cc1. The summed E-state index contributed by atoms with van der Waals surface area (Å²) >= 11 is 0. The molecule has 1 aromatic heterocycles. The van der Waals surface area contributed by atoms with Gasteiger partial charge in [-0.05, 0) is 42.0 Å². The number of anilines is 1. The molecule has 1 N–H and O–H groups in total. The molecular formula is C17H13F2N3O. The molecule has 0 fully saturated rings. The monoisotopic (exact) mass is 313 g/mol. The lowest BCUT2D eigenvalue weighted by molar-refractivity contribution is -0.116. The third-order valence-electron chi connectivity index (χ3n) is 3.28. The summed E-state index contributed by atoms with van der Waals surface area (Å²) in [5.74, 6) is -1.10. The van der Waals surface area contributed by atoms with Crippen molar-refractivity contribution in [2.45, 2.75) is 6.54 Å². The van der Waals surface area contributed by atoms with Gasteiger partial charge in [0, 0.05) is 23.6 Å². The molecule has 23 heavy (non-hydrogen) atoms. The first-order valence-corrected chi connectivity index (χ1v) is 6.94. The average molecular weight is 313 g/mol. The fourth-order valence-electron chi connectivity index (χ4n) is 2.22. The normalized spacial score (nSPS) is 10.5. The van der Waals surface area contributed by atoms with Gasteiger partial charge in [0.2, 0.25) is 5.91 Å². The zero-order valence-corrected chi connectivity index (χ0v) is 12.0. The molecule has 1 heterocycles. The van der Waals surface area contributed by atoms with Crippen LogP contribution in [0.15, 0.2) is 60.9 Å². The Morgan fingerprint density at radius 3 is 2.52 bits per heavy atom. The fourth-order valence-corrected chi connectivity index (χ4v) is 2.22. The van der Waals surface area contributed by atoms with Crippen molar-refractivity contribution in [3.05, 3.63) is 72.6 Å². The van der Waals surface area contributed by atoms with Crippen LogP contribution in [0, 0.1) is 11.6 Å². The molecule has 6 heteroatoms. The molecule has 3 aromatic rings. The highest BCUT2D eigenvalue weighted by Crippen LogP contribution is 2.29. The van der Waals surface area contributed by atoms with Gasteiger partial charge in [0.15, 0.2) is 0 Å². The maximum absolute atomic E-state index is 13.6. The molecule has 0 spiro atoms. The molecule has 1 amide bonds. The van der Waals surface area contributed by atoms with Crippen LogP contribution < -0.4 is 5.32 Å². The van der Waals surface area contributed by atoms with E-state index >= 15 is 0 Å². The van der Waals surface area contributed by atoms with Crippen molar-refractivity contribution in [3.8, 4) is 11.1 Å². The number of hydrogen-bond acceptors (Lipinski definition) is 2. The maximum Gasteiger partial charge on any atom is 0.246 e. The summed E-state index contributed by atoms with van der Waals surface area (Å²) in [5.41, 5.74) is 1.55. The van der Waals surface area contributed by atoms with Crippen LogP contribution in [-0.2, 0) is 11.3 Å². The summed E-state index contributed by atoms with van der Waals surface area (Å²) in [4.78, 5) is 12.1. The van der Waals surface area contributed by atoms with Gasteiger partial charge in [-0.1, -0.05) is 12.1 Å². The van der Waals surface area contributed by atoms with Gasteiger partial charge in [-0.3, -0.25) is 9.48 Å². The Hall–Kier alpha value is -3.02. The molecule has 116 valence electrons. The topological polar surface area (TPSA) is 46.9 Å². The van der Waals surface area contributed by atoms with Crippen LogP contribution in [0.25, 0.3) is 11.1 Å². The molecule has 0 unspecified atom stereocenters. The lowest BCUT2D eigenvalue weighted by Crippen LogP contribution is -2.19. The third kappa shape index (κ3) is 3.60. The number of benzene rings is 2. The smallest absolute Gasteiger partial charge is 0.246 e. The highest BCUT2D eigenvalue weighted by molar-refractivity contribution is 5.95. The molecule has 0 bridgehead atoms. The molecule has 0 atom stereocenters. The second-order valence-electron chi connectivity index (χ2n) is 4.95. The number of rotatable bonds is 4. The quantitative estimate of drug-likeness (QED) is 0.802. The Morgan fingerprint density at radius 2 is 1.83 bits per heavy atom. The van der Waals surface area contributed by atoms with E-state index in [1.54, 1.807) is 18.5 Å². The summed E-state index contributed by atoms with van der Waals surface area (Å²) in [6, 6.07) is 11.4. The van der Waals surface area contributed by atoms with E-state index in [1.807, 2.05) is 0 Å². The molecule has 3 rings (SSSR count). The summed E-state index contributed by atoms with van der Waals surface area (Å²) in [5, 5.41) is 6.69. The van der Waals surface area contributed by atoms with Crippen LogP contribution >= 0.6 is 0 Å². The Balaban J connectivity index is 1.87. The number of amides is 1. The summed E-state index contributed by atoms with van der Waals surface area (Å²) in [6.45, 7) is 0.0488. The standard InChI is InChI=1S/C17H13F2N3O/c18-13-4-2-12(3-5-13)15-10-14(19)6-7-16(15)21-17(23)11-22-9-1-8-20-22/h1-10H,11H2,(H,21,23). The van der Waals surface area contributed by atoms with E-state index in [-0.39, 0.29) is 18.3 Å². The Bertz CT molecular complexity index is 814. The second kappa shape index (κ2) is 6.39. The number of hydrogen-bond donors (Lipinski definition) is 1. The van der Waals surface area contributed by atoms with Crippen molar-refractivity contribution in [3.63, 3.8) is 0 Å². The van der Waals surface area contributed by atoms with Crippen LogP contribution in [0.1, 0.15) is 0 Å². The van der Waals surface area contributed by atoms with E-state index < -0.39 is 5.82 Å². The number of nitrogens with zero attached hydrogens (tertiary/aromatic N) is 2. The molecular weight excluding hydrogens is 300 g/mol. The summed E-state index contributed by atoms with van der Waals surface area (Å²) in [6.07, 6.45) is 3.25. The Morgan fingerprint density at radius 1 is 1.09 bits per heavy atom. The zero-order valence-electron chi connectivity index (χ0n) is 12.0. The van der Waals surface area contributed by atoms with E-state index in [0.717, 1.165) is 0 Å². The molecule has 0 saturated carbocycles. The highest BCUT2D eigenvalue weighted by atomic mass is 19.1. The van der Waals surface area contributed by atoms with Gasteiger partial charge < -0.3 is 5.32 Å². The third-order valence-corrected chi connectivity index (χ3v) is 3.28. The molecule has 0 aliphatic carbocycles. The summed E-state index contributed by atoms with van der Waals surface area (Å²) in [7, 11) is 0. The number of carbonyl (C=O) groups is 1. The van der Waals surface area contributed by atoms with Crippen molar-refractivity contribution in [2.24, 2.45) is 0 Å². The average Bonchev–Trinajstić information content (AvgIpc) is 3.03. The van der Waals surface area contributed by atoms with Crippen LogP contribution in [0.5, 0.6) is 0 Å². The van der Waals surface area contributed by atoms with Crippen LogP contribution in [0.3, 0.4) is 0 Å². The van der Waals surface area contributed by atoms with E-state index in [1.165, 1.54) is 47.1 Å². The molecule has 0 radical (unpaired) electrons. The maximum atomic E-state index is 13.6. The lowest BCUT2D eigenvalue weighted by atomic mass is 10.0. The molecule has 0 aliphatic heterocycles. The van der Waals surface area contributed by atoms with E-state index in [2.05, 4.69) is 10.4 Å². The molecule has 0 aliphatic rings. The lowest BCUT2D eigenvalue weighted by Gasteiger charge is -2.12. The highest BCUT2D eigenvalue weighted by Gasteiger charge is 2.11. The molecule has 0 saturated heterocycles. The van der Waals surface area contributed by atoms with Gasteiger partial charge in [0.25, 0.3) is 0 Å². The van der Waals surface area contributed by atoms with Crippen LogP contribution in [-0.4, -0.2) is 15.7 Å². The first-order valence-electron chi connectivity index (χ1n) is 6.94. The van der Waals surface area contributed by atoms with Crippen molar-refractivity contribution < 1.29 is 13.6 Å². The van der Waals surface area contributed by atoms with Gasteiger partial charge >= 0.3 is 0 Å². The van der Waals surface area contributed by atoms with E-state index in [9.17, 15) is 13.6 Å². The second-order valence-corrected chi connectivity index (χ2v) is 4.95. The minimum Gasteiger partial charge on any atom is -0.324 e. The summed E-state index contributed by atoms with van der Waals surface area (Å²) < 4.78 is 28.1. The van der Waals surface area contributed by atoms with E-state index in [0.29, 0.717) is 16.8 Å². The first-order chi connectivity index (χ1) is 11.1. The van der Waals surface area contributed by atoms with E-state index in [4.69, 9.17) is 0 Å². The van der Waals surface area contributed by atoms with Crippen molar-refractivity contribution in [2.75, 3.05) is 5.32 Å². The predicted octanol–water partition coefficient (Wildman–Crippen LogP) is 3.47. The van der Waals surface area contributed by atoms with Gasteiger partial charge in [-0.15, -0.1) is 0 Å². The van der Waals surface area contributed by atoms with Crippen LogP contribution in [0.2, 0.25) is 0 Å². The Labute approximate surface area is 131 Å². The Kier molecular flexibility index (Phi) is 4.14. The van der Waals surface area contributed by atoms with Crippen LogP contribution in [0.4, 0.5) is 14.5 Å². The number of aromatic nitrogens is 2. The van der Waals surface area contributed by atoms with Crippen molar-refractivity contribution in [1.29, 1.82) is 0 Å². The minimum absolute atomic E-state index is 0.0488.